The maximum atomic E-state index is 13.6. The van der Waals surface area contributed by atoms with Crippen LogP contribution in [0.1, 0.15) is 38.8 Å². The number of rotatable bonds is 15. The number of ether oxygens (including phenoxy) is 1. The zero-order valence-corrected chi connectivity index (χ0v) is 21.1. The second-order valence-electron chi connectivity index (χ2n) is 6.85. The predicted octanol–water partition coefficient (Wildman–Crippen LogP) is 6.67. The molecule has 7 nitrogen and oxygen atoms in total. The molecule has 178 valence electrons. The summed E-state index contributed by atoms with van der Waals surface area (Å²) in [7, 11) is -7.57. The van der Waals surface area contributed by atoms with Crippen LogP contribution in [0.3, 0.4) is 0 Å². The smallest absolute Gasteiger partial charge is 0.346 e. The summed E-state index contributed by atoms with van der Waals surface area (Å²) < 4.78 is 55.2. The zero-order valence-electron chi connectivity index (χ0n) is 19.3. The molecule has 0 radical (unpaired) electrons. The zero-order chi connectivity index (χ0) is 23.5. The van der Waals surface area contributed by atoms with Gasteiger partial charge in [0, 0.05) is 0 Å². The van der Waals surface area contributed by atoms with Gasteiger partial charge in [0.15, 0.2) is 5.40 Å². The number of benzene rings is 2. The maximum Gasteiger partial charge on any atom is 0.346 e. The second-order valence-corrected chi connectivity index (χ2v) is 11.7. The van der Waals surface area contributed by atoms with Crippen molar-refractivity contribution >= 4 is 15.2 Å². The van der Waals surface area contributed by atoms with Crippen LogP contribution in [0.15, 0.2) is 54.6 Å². The van der Waals surface area contributed by atoms with Crippen LogP contribution in [-0.4, -0.2) is 31.8 Å². The van der Waals surface area contributed by atoms with E-state index in [1.165, 1.54) is 0 Å². The quantitative estimate of drug-likeness (QED) is 0.261. The van der Waals surface area contributed by atoms with Crippen LogP contribution in [0, 0.1) is 0 Å². The highest BCUT2D eigenvalue weighted by Crippen LogP contribution is 2.71. The summed E-state index contributed by atoms with van der Waals surface area (Å²) >= 11 is 0. The molecule has 0 aliphatic rings. The van der Waals surface area contributed by atoms with E-state index >= 15 is 0 Å². The van der Waals surface area contributed by atoms with Crippen LogP contribution >= 0.6 is 15.2 Å². The van der Waals surface area contributed by atoms with Crippen molar-refractivity contribution in [1.82, 2.24) is 0 Å². The Morgan fingerprint density at radius 3 is 1.56 bits per heavy atom. The van der Waals surface area contributed by atoms with Gasteiger partial charge in [-0.1, -0.05) is 42.5 Å². The normalized spacial score (nSPS) is 12.3. The van der Waals surface area contributed by atoms with Crippen LogP contribution in [0.25, 0.3) is 0 Å². The molecule has 0 saturated carbocycles. The molecule has 0 atom stereocenters. The molecule has 0 spiro atoms. The molecule has 0 N–H and O–H groups in total. The Labute approximate surface area is 191 Å². The molecule has 32 heavy (non-hydrogen) atoms. The summed E-state index contributed by atoms with van der Waals surface area (Å²) in [6.07, 6.45) is 0.146. The van der Waals surface area contributed by atoms with Crippen molar-refractivity contribution in [2.24, 2.45) is 0 Å². The van der Waals surface area contributed by atoms with E-state index in [-0.39, 0.29) is 32.8 Å². The summed E-state index contributed by atoms with van der Waals surface area (Å²) in [5.41, 5.74) is 1.86. The van der Waals surface area contributed by atoms with Crippen LogP contribution in [-0.2, 0) is 40.3 Å². The van der Waals surface area contributed by atoms with Crippen molar-refractivity contribution in [3.05, 3.63) is 65.7 Å². The van der Waals surface area contributed by atoms with Gasteiger partial charge in [-0.05, 0) is 57.4 Å². The standard InChI is InChI=1S/C23H34O7P2/c1-5-27-31(24,28-6-2)23(32(25,29-7-3)30-8-4)18-20-14-16-22(17-15-20)26-19-21-12-10-9-11-13-21/h9-17,23H,5-8,18-19H2,1-4H3. The molecule has 0 saturated heterocycles. The third-order valence-electron chi connectivity index (χ3n) is 4.56. The van der Waals surface area contributed by atoms with E-state index in [0.29, 0.717) is 12.4 Å². The van der Waals surface area contributed by atoms with Crippen LogP contribution in [0.2, 0.25) is 0 Å². The molecule has 0 fully saturated rings. The lowest BCUT2D eigenvalue weighted by molar-refractivity contribution is 0.195. The Morgan fingerprint density at radius 1 is 0.656 bits per heavy atom. The molecule has 2 rings (SSSR count). The third kappa shape index (κ3) is 7.55. The first-order chi connectivity index (χ1) is 15.4. The van der Waals surface area contributed by atoms with E-state index < -0.39 is 20.6 Å². The maximum absolute atomic E-state index is 13.6. The molecule has 9 heteroatoms. The van der Waals surface area contributed by atoms with Gasteiger partial charge < -0.3 is 22.8 Å². The molecule has 2 aromatic carbocycles. The van der Waals surface area contributed by atoms with Gasteiger partial charge in [0.2, 0.25) is 0 Å². The SMILES string of the molecule is CCOP(=O)(OCC)C(Cc1ccc(OCc2ccccc2)cc1)P(=O)(OCC)OCC. The van der Waals surface area contributed by atoms with Crippen molar-refractivity contribution in [2.75, 3.05) is 26.4 Å². The van der Waals surface area contributed by atoms with E-state index in [2.05, 4.69) is 0 Å². The first-order valence-corrected chi connectivity index (χ1v) is 14.2. The highest BCUT2D eigenvalue weighted by Gasteiger charge is 2.50. The average molecular weight is 484 g/mol. The minimum atomic E-state index is -3.78. The van der Waals surface area contributed by atoms with Crippen LogP contribution < -0.4 is 4.74 Å². The molecule has 0 bridgehead atoms. The van der Waals surface area contributed by atoms with Crippen molar-refractivity contribution in [3.8, 4) is 5.75 Å². The van der Waals surface area contributed by atoms with E-state index in [1.807, 2.05) is 54.6 Å². The van der Waals surface area contributed by atoms with Gasteiger partial charge in [-0.3, -0.25) is 9.13 Å². The Balaban J connectivity index is 2.26. The highest BCUT2D eigenvalue weighted by atomic mass is 31.2. The van der Waals surface area contributed by atoms with Crippen molar-refractivity contribution < 1.29 is 32.0 Å². The Kier molecular flexibility index (Phi) is 11.1. The van der Waals surface area contributed by atoms with Crippen molar-refractivity contribution in [2.45, 2.75) is 46.1 Å². The Morgan fingerprint density at radius 2 is 1.12 bits per heavy atom. The van der Waals surface area contributed by atoms with E-state index in [0.717, 1.165) is 11.1 Å². The topological polar surface area (TPSA) is 80.3 Å². The summed E-state index contributed by atoms with van der Waals surface area (Å²) in [4.78, 5) is 0. The van der Waals surface area contributed by atoms with E-state index in [4.69, 9.17) is 22.8 Å². The van der Waals surface area contributed by atoms with Gasteiger partial charge in [0.1, 0.15) is 12.4 Å². The monoisotopic (exact) mass is 484 g/mol. The highest BCUT2D eigenvalue weighted by molar-refractivity contribution is 7.72. The minimum Gasteiger partial charge on any atom is -0.489 e. The van der Waals surface area contributed by atoms with Crippen molar-refractivity contribution in [3.63, 3.8) is 0 Å². The van der Waals surface area contributed by atoms with Crippen LogP contribution in [0.5, 0.6) is 5.75 Å². The molecule has 0 aliphatic carbocycles. The minimum absolute atomic E-state index is 0.146. The van der Waals surface area contributed by atoms with Gasteiger partial charge in [-0.2, -0.15) is 0 Å². The number of hydrogen-bond donors (Lipinski definition) is 0. The van der Waals surface area contributed by atoms with Gasteiger partial charge in [-0.15, -0.1) is 0 Å². The lowest BCUT2D eigenvalue weighted by atomic mass is 10.2. The summed E-state index contributed by atoms with van der Waals surface area (Å²) in [5, 5.41) is -1.08. The Hall–Kier alpha value is -1.46. The lowest BCUT2D eigenvalue weighted by Crippen LogP contribution is -2.20. The summed E-state index contributed by atoms with van der Waals surface area (Å²) in [6, 6.07) is 17.2. The molecule has 0 amide bonds. The van der Waals surface area contributed by atoms with Gasteiger partial charge in [0.05, 0.1) is 26.4 Å². The summed E-state index contributed by atoms with van der Waals surface area (Å²) in [6.45, 7) is 7.92. The third-order valence-corrected chi connectivity index (χ3v) is 10.6. The fourth-order valence-corrected chi connectivity index (χ4v) is 8.54. The Bertz CT molecular complexity index is 837. The average Bonchev–Trinajstić information content (AvgIpc) is 2.78. The first kappa shape index (κ1) is 26.8. The second kappa shape index (κ2) is 13.3. The molecule has 0 aliphatic heterocycles. The molecule has 0 aromatic heterocycles. The van der Waals surface area contributed by atoms with Gasteiger partial charge >= 0.3 is 15.2 Å². The largest absolute Gasteiger partial charge is 0.489 e. The van der Waals surface area contributed by atoms with E-state index in [9.17, 15) is 9.13 Å². The number of hydrogen-bond acceptors (Lipinski definition) is 7. The molecule has 0 unspecified atom stereocenters. The summed E-state index contributed by atoms with van der Waals surface area (Å²) in [5.74, 6) is 0.699. The fraction of sp³-hybridized carbons (Fsp3) is 0.478. The van der Waals surface area contributed by atoms with Crippen molar-refractivity contribution in [1.29, 1.82) is 0 Å². The molecular weight excluding hydrogens is 450 g/mol. The van der Waals surface area contributed by atoms with Crippen LogP contribution in [0.4, 0.5) is 0 Å². The van der Waals surface area contributed by atoms with E-state index in [1.54, 1.807) is 27.7 Å². The molecule has 2 aromatic rings. The molecule has 0 heterocycles. The lowest BCUT2D eigenvalue weighted by Gasteiger charge is -2.31. The molecular formula is C23H34O7P2. The van der Waals surface area contributed by atoms with Gasteiger partial charge in [-0.25, -0.2) is 0 Å². The predicted molar refractivity (Wildman–Crippen MR) is 126 cm³/mol. The van der Waals surface area contributed by atoms with Gasteiger partial charge in [0.25, 0.3) is 0 Å². The fourth-order valence-electron chi connectivity index (χ4n) is 3.21. The first-order valence-electron chi connectivity index (χ1n) is 10.9.